The smallest absolute Gasteiger partial charge is 0.360 e. The highest BCUT2D eigenvalue weighted by Gasteiger charge is 2.45. The number of piperidine rings is 2. The van der Waals surface area contributed by atoms with Crippen LogP contribution in [0.4, 0.5) is 0 Å². The van der Waals surface area contributed by atoms with Crippen LogP contribution in [0.25, 0.3) is 11.0 Å². The lowest BCUT2D eigenvalue weighted by atomic mass is 9.73. The molecule has 2 aliphatic carbocycles. The molecule has 5 atom stereocenters. The van der Waals surface area contributed by atoms with Gasteiger partial charge in [0.1, 0.15) is 6.10 Å². The number of aromatic nitrogens is 2. The van der Waals surface area contributed by atoms with Crippen molar-refractivity contribution in [2.24, 2.45) is 17.0 Å². The average Bonchev–Trinajstić information content (AvgIpc) is 3.07. The summed E-state index contributed by atoms with van der Waals surface area (Å²) in [4.78, 5) is 38.9. The Hall–Kier alpha value is -2.74. The molecule has 6 rings (SSSR count). The molecule has 4 bridgehead atoms. The second-order valence-electron chi connectivity index (χ2n) is 12.7. The first-order valence-corrected chi connectivity index (χ1v) is 15.1. The van der Waals surface area contributed by atoms with Gasteiger partial charge in [0.25, 0.3) is 5.56 Å². The number of oxime groups is 1. The van der Waals surface area contributed by atoms with Crippen molar-refractivity contribution >= 4 is 22.7 Å². The lowest BCUT2D eigenvalue weighted by molar-refractivity contribution is -0.129. The molecule has 2 aliphatic heterocycles. The third-order valence-electron chi connectivity index (χ3n) is 9.72. The van der Waals surface area contributed by atoms with Crippen molar-refractivity contribution in [1.29, 1.82) is 0 Å². The van der Waals surface area contributed by atoms with Gasteiger partial charge in [-0.15, -0.1) is 0 Å². The van der Waals surface area contributed by atoms with Gasteiger partial charge in [0, 0.05) is 24.2 Å². The molecule has 4 aliphatic rings. The maximum Gasteiger partial charge on any atom is 0.360 e. The second kappa shape index (κ2) is 11.0. The van der Waals surface area contributed by atoms with E-state index < -0.39 is 11.7 Å². The van der Waals surface area contributed by atoms with Gasteiger partial charge in [-0.2, -0.15) is 0 Å². The maximum absolute atomic E-state index is 14.0. The zero-order valence-electron chi connectivity index (χ0n) is 23.3. The summed E-state index contributed by atoms with van der Waals surface area (Å²) in [6.45, 7) is 3.53. The summed E-state index contributed by atoms with van der Waals surface area (Å²) >= 11 is 0. The molecule has 3 heterocycles. The highest BCUT2D eigenvalue weighted by atomic mass is 16.6. The predicted molar refractivity (Wildman–Crippen MR) is 151 cm³/mol. The Bertz CT molecular complexity index is 1280. The third-order valence-corrected chi connectivity index (χ3v) is 9.72. The number of aliphatic carboxylic acids is 1. The van der Waals surface area contributed by atoms with Gasteiger partial charge in [0.15, 0.2) is 5.69 Å². The van der Waals surface area contributed by atoms with Crippen LogP contribution in [0.3, 0.4) is 0 Å². The second-order valence-corrected chi connectivity index (χ2v) is 12.7. The Morgan fingerprint density at radius 1 is 0.923 bits per heavy atom. The van der Waals surface area contributed by atoms with E-state index >= 15 is 0 Å². The topological polar surface area (TPSA) is 97.0 Å². The molecule has 8 heteroatoms. The standard InChI is InChI=1S/C31H42N4O4/c1-19(2)39-33-29(31(37)38)28-30(36)35(27-13-6-5-12-26(27)32-28)25-17-22-10-7-11-23(18-25)34(22)24-15-20-8-3-4-9-21(14-20)16-24/h5-6,12-13,19-25H,3-4,7-11,14-18H2,1-2H3,(H,37,38)/t20?,21?,22-,23?,24?,25+/m1/s1. The number of hydrogen-bond donors (Lipinski definition) is 1. The van der Waals surface area contributed by atoms with E-state index in [2.05, 4.69) is 15.0 Å². The number of rotatable bonds is 6. The molecular formula is C31H42N4O4. The molecule has 2 saturated carbocycles. The van der Waals surface area contributed by atoms with Crippen molar-refractivity contribution in [3.8, 4) is 0 Å². The Labute approximate surface area is 230 Å². The van der Waals surface area contributed by atoms with Gasteiger partial charge in [0.05, 0.1) is 11.0 Å². The SMILES string of the molecule is CC(C)ON=C(C(=O)O)c1nc2ccccc2n([C@@H]2CC3CCC[C@H](C2)N3C2CC3CCCCC(C3)C2)c1=O. The number of carboxylic acids is 1. The van der Waals surface area contributed by atoms with E-state index in [1.165, 1.54) is 64.2 Å². The van der Waals surface area contributed by atoms with Crippen LogP contribution in [0.2, 0.25) is 0 Å². The van der Waals surface area contributed by atoms with Crippen LogP contribution in [0.15, 0.2) is 34.2 Å². The van der Waals surface area contributed by atoms with Gasteiger partial charge in [0.2, 0.25) is 5.71 Å². The summed E-state index contributed by atoms with van der Waals surface area (Å²) in [5, 5.41) is 13.8. The predicted octanol–water partition coefficient (Wildman–Crippen LogP) is 5.53. The van der Waals surface area contributed by atoms with Gasteiger partial charge in [-0.3, -0.25) is 9.69 Å². The van der Waals surface area contributed by atoms with Crippen molar-refractivity contribution in [1.82, 2.24) is 14.5 Å². The Morgan fingerprint density at radius 2 is 1.59 bits per heavy atom. The summed E-state index contributed by atoms with van der Waals surface area (Å²) in [5.41, 5.74) is 0.402. The molecule has 0 amide bonds. The molecule has 1 aromatic heterocycles. The summed E-state index contributed by atoms with van der Waals surface area (Å²) in [6.07, 6.45) is 14.8. The van der Waals surface area contributed by atoms with E-state index in [4.69, 9.17) is 4.84 Å². The highest BCUT2D eigenvalue weighted by Crippen LogP contribution is 2.47. The molecule has 8 nitrogen and oxygen atoms in total. The molecule has 210 valence electrons. The van der Waals surface area contributed by atoms with E-state index in [1.54, 1.807) is 13.8 Å². The number of benzene rings is 1. The van der Waals surface area contributed by atoms with Crippen LogP contribution in [0.5, 0.6) is 0 Å². The van der Waals surface area contributed by atoms with Gasteiger partial charge in [-0.1, -0.05) is 49.4 Å². The first kappa shape index (κ1) is 26.5. The molecule has 1 N–H and O–H groups in total. The van der Waals surface area contributed by atoms with Crippen LogP contribution < -0.4 is 5.56 Å². The highest BCUT2D eigenvalue weighted by molar-refractivity contribution is 6.41. The maximum atomic E-state index is 14.0. The number of fused-ring (bicyclic) bond motifs is 5. The zero-order valence-corrected chi connectivity index (χ0v) is 23.3. The van der Waals surface area contributed by atoms with E-state index in [0.717, 1.165) is 30.2 Å². The average molecular weight is 535 g/mol. The fourth-order valence-electron chi connectivity index (χ4n) is 8.32. The van der Waals surface area contributed by atoms with Crippen molar-refractivity contribution in [3.63, 3.8) is 0 Å². The quantitative estimate of drug-likeness (QED) is 0.387. The van der Waals surface area contributed by atoms with Gasteiger partial charge in [-0.05, 0) is 82.8 Å². The van der Waals surface area contributed by atoms with Crippen LogP contribution in [0, 0.1) is 11.8 Å². The van der Waals surface area contributed by atoms with Crippen molar-refractivity contribution in [2.75, 3.05) is 0 Å². The van der Waals surface area contributed by atoms with E-state index in [9.17, 15) is 14.7 Å². The molecule has 0 spiro atoms. The lowest BCUT2D eigenvalue weighted by Gasteiger charge is -2.54. The van der Waals surface area contributed by atoms with E-state index in [1.807, 2.05) is 28.8 Å². The van der Waals surface area contributed by atoms with Gasteiger partial charge >= 0.3 is 5.97 Å². The fraction of sp³-hybridized carbons (Fsp3) is 0.677. The molecule has 39 heavy (non-hydrogen) atoms. The number of nitrogens with zero attached hydrogens (tertiary/aromatic N) is 4. The molecule has 1 aromatic carbocycles. The number of para-hydroxylation sites is 2. The van der Waals surface area contributed by atoms with Crippen LogP contribution >= 0.6 is 0 Å². The summed E-state index contributed by atoms with van der Waals surface area (Å²) < 4.78 is 1.84. The molecule has 2 saturated heterocycles. The summed E-state index contributed by atoms with van der Waals surface area (Å²) in [6, 6.07) is 9.18. The lowest BCUT2D eigenvalue weighted by Crippen LogP contribution is -2.58. The van der Waals surface area contributed by atoms with Crippen molar-refractivity contribution < 1.29 is 14.7 Å². The Kier molecular flexibility index (Phi) is 7.49. The van der Waals surface area contributed by atoms with Crippen LogP contribution in [-0.2, 0) is 9.63 Å². The minimum atomic E-state index is -1.31. The Balaban J connectivity index is 1.36. The first-order chi connectivity index (χ1) is 18.9. The normalized spacial score (nSPS) is 31.7. The third kappa shape index (κ3) is 5.24. The minimum Gasteiger partial charge on any atom is -0.476 e. The van der Waals surface area contributed by atoms with Crippen molar-refractivity contribution in [3.05, 3.63) is 40.3 Å². The van der Waals surface area contributed by atoms with E-state index in [0.29, 0.717) is 23.6 Å². The number of hydrogen-bond acceptors (Lipinski definition) is 6. The largest absolute Gasteiger partial charge is 0.476 e. The fourth-order valence-corrected chi connectivity index (χ4v) is 8.32. The molecule has 4 fully saturated rings. The number of carbonyl (C=O) groups is 1. The van der Waals surface area contributed by atoms with Gasteiger partial charge < -0.3 is 14.5 Å². The zero-order chi connectivity index (χ0) is 27.1. The molecule has 2 aromatic rings. The molecular weight excluding hydrogens is 492 g/mol. The van der Waals surface area contributed by atoms with E-state index in [-0.39, 0.29) is 23.4 Å². The van der Waals surface area contributed by atoms with Crippen molar-refractivity contribution in [2.45, 2.75) is 121 Å². The Morgan fingerprint density at radius 3 is 2.23 bits per heavy atom. The monoisotopic (exact) mass is 534 g/mol. The molecule has 3 unspecified atom stereocenters. The van der Waals surface area contributed by atoms with Crippen LogP contribution in [0.1, 0.15) is 103 Å². The molecule has 0 radical (unpaired) electrons. The minimum absolute atomic E-state index is 0.00244. The first-order valence-electron chi connectivity index (χ1n) is 15.1. The van der Waals surface area contributed by atoms with Crippen LogP contribution in [-0.4, -0.2) is 55.5 Å². The summed E-state index contributed by atoms with van der Waals surface area (Å²) in [5.74, 6) is 0.448. The van der Waals surface area contributed by atoms with Gasteiger partial charge in [-0.25, -0.2) is 9.78 Å². The number of carboxylic acid groups (broad SMARTS) is 1. The summed E-state index contributed by atoms with van der Waals surface area (Å²) in [7, 11) is 0.